The van der Waals surface area contributed by atoms with Crippen LogP contribution in [-0.4, -0.2) is 27.3 Å². The lowest BCUT2D eigenvalue weighted by atomic mass is 10.0. The summed E-state index contributed by atoms with van der Waals surface area (Å²) in [5.74, 6) is 0.744. The van der Waals surface area contributed by atoms with Gasteiger partial charge in [0, 0.05) is 16.9 Å². The number of halogens is 1. The number of nitrogens with one attached hydrogen (secondary N) is 1. The molecule has 0 aliphatic rings. The molecule has 0 spiro atoms. The fraction of sp³-hybridized carbons (Fsp3) is 0.417. The van der Waals surface area contributed by atoms with Gasteiger partial charge in [-0.25, -0.2) is 0 Å². The Morgan fingerprint density at radius 1 is 1.44 bits per heavy atom. The maximum absolute atomic E-state index is 4.21. The molecule has 0 aliphatic carbocycles. The van der Waals surface area contributed by atoms with E-state index >= 15 is 0 Å². The predicted octanol–water partition coefficient (Wildman–Crippen LogP) is 1.78. The summed E-state index contributed by atoms with van der Waals surface area (Å²) >= 11 is 3.56. The van der Waals surface area contributed by atoms with Gasteiger partial charge < -0.3 is 5.32 Å². The van der Waals surface area contributed by atoms with E-state index in [2.05, 4.69) is 61.8 Å². The van der Waals surface area contributed by atoms with Gasteiger partial charge in [-0.05, 0) is 36.4 Å². The van der Waals surface area contributed by atoms with Gasteiger partial charge in [0.25, 0.3) is 0 Å². The van der Waals surface area contributed by atoms with Crippen LogP contribution in [0.1, 0.15) is 23.0 Å². The molecule has 0 amide bonds. The van der Waals surface area contributed by atoms with Crippen LogP contribution in [-0.2, 0) is 13.5 Å². The second-order valence-electron chi connectivity index (χ2n) is 4.25. The first kappa shape index (κ1) is 13.2. The second-order valence-corrected chi connectivity index (χ2v) is 5.10. The zero-order chi connectivity index (χ0) is 13.1. The van der Waals surface area contributed by atoms with Crippen molar-refractivity contribution in [3.05, 3.63) is 39.6 Å². The maximum atomic E-state index is 4.21. The van der Waals surface area contributed by atoms with E-state index in [1.807, 2.05) is 7.05 Å². The molecule has 1 unspecified atom stereocenters. The van der Waals surface area contributed by atoms with E-state index in [1.165, 1.54) is 15.9 Å². The standard InChI is InChI=1S/C12H16BrN5/c1-8-4-5-9(6-10(8)13)11(14-2)7-12-15-17-18(3)16-12/h4-6,11,14H,7H2,1-3H3. The zero-order valence-corrected chi connectivity index (χ0v) is 12.3. The van der Waals surface area contributed by atoms with Crippen molar-refractivity contribution in [1.29, 1.82) is 0 Å². The minimum atomic E-state index is 0.186. The van der Waals surface area contributed by atoms with Gasteiger partial charge in [-0.1, -0.05) is 28.1 Å². The molecule has 1 heterocycles. The van der Waals surface area contributed by atoms with Crippen molar-refractivity contribution in [1.82, 2.24) is 25.5 Å². The number of aryl methyl sites for hydroxylation is 2. The first-order valence-electron chi connectivity index (χ1n) is 5.76. The SMILES string of the molecule is CNC(Cc1nnn(C)n1)c1ccc(C)c(Br)c1. The molecule has 0 saturated heterocycles. The number of rotatable bonds is 4. The second kappa shape index (κ2) is 5.58. The summed E-state index contributed by atoms with van der Waals surface area (Å²) in [6.07, 6.45) is 0.722. The molecular formula is C12H16BrN5. The Kier molecular flexibility index (Phi) is 4.08. The summed E-state index contributed by atoms with van der Waals surface area (Å²) in [5.41, 5.74) is 2.44. The van der Waals surface area contributed by atoms with E-state index in [9.17, 15) is 0 Å². The van der Waals surface area contributed by atoms with Crippen molar-refractivity contribution in [3.63, 3.8) is 0 Å². The maximum Gasteiger partial charge on any atom is 0.176 e. The molecule has 1 aromatic heterocycles. The van der Waals surface area contributed by atoms with Gasteiger partial charge >= 0.3 is 0 Å². The third-order valence-electron chi connectivity index (χ3n) is 2.88. The van der Waals surface area contributed by atoms with Crippen molar-refractivity contribution in [3.8, 4) is 0 Å². The van der Waals surface area contributed by atoms with Crippen molar-refractivity contribution >= 4 is 15.9 Å². The number of benzene rings is 1. The van der Waals surface area contributed by atoms with Gasteiger partial charge in [-0.2, -0.15) is 4.80 Å². The Morgan fingerprint density at radius 2 is 2.22 bits per heavy atom. The molecular weight excluding hydrogens is 294 g/mol. The highest BCUT2D eigenvalue weighted by Crippen LogP contribution is 2.23. The molecule has 1 atom stereocenters. The van der Waals surface area contributed by atoms with Crippen LogP contribution in [0, 0.1) is 6.92 Å². The number of nitrogens with zero attached hydrogens (tertiary/aromatic N) is 4. The van der Waals surface area contributed by atoms with Gasteiger partial charge in [-0.3, -0.25) is 0 Å². The molecule has 0 radical (unpaired) electrons. The lowest BCUT2D eigenvalue weighted by Crippen LogP contribution is -2.19. The van der Waals surface area contributed by atoms with Crippen LogP contribution in [0.25, 0.3) is 0 Å². The Morgan fingerprint density at radius 3 is 2.78 bits per heavy atom. The van der Waals surface area contributed by atoms with Crippen molar-refractivity contribution < 1.29 is 0 Å². The van der Waals surface area contributed by atoms with Crippen LogP contribution in [0.2, 0.25) is 0 Å². The third-order valence-corrected chi connectivity index (χ3v) is 3.74. The molecule has 96 valence electrons. The minimum absolute atomic E-state index is 0.186. The minimum Gasteiger partial charge on any atom is -0.313 e. The highest BCUT2D eigenvalue weighted by Gasteiger charge is 2.14. The van der Waals surface area contributed by atoms with E-state index in [1.54, 1.807) is 7.05 Å². The number of hydrogen-bond acceptors (Lipinski definition) is 4. The van der Waals surface area contributed by atoms with Crippen LogP contribution in [0.4, 0.5) is 0 Å². The third kappa shape index (κ3) is 2.94. The smallest absolute Gasteiger partial charge is 0.176 e. The van der Waals surface area contributed by atoms with Crippen LogP contribution in [0.5, 0.6) is 0 Å². The molecule has 6 heteroatoms. The largest absolute Gasteiger partial charge is 0.313 e. The Labute approximate surface area is 115 Å². The number of hydrogen-bond donors (Lipinski definition) is 1. The van der Waals surface area contributed by atoms with Gasteiger partial charge in [0.05, 0.1) is 7.05 Å². The lowest BCUT2D eigenvalue weighted by molar-refractivity contribution is 0.570. The topological polar surface area (TPSA) is 55.6 Å². The first-order chi connectivity index (χ1) is 8.60. The van der Waals surface area contributed by atoms with E-state index in [-0.39, 0.29) is 6.04 Å². The fourth-order valence-electron chi connectivity index (χ4n) is 1.80. The number of tetrazole rings is 1. The molecule has 18 heavy (non-hydrogen) atoms. The summed E-state index contributed by atoms with van der Waals surface area (Å²) in [5, 5.41) is 15.4. The summed E-state index contributed by atoms with van der Waals surface area (Å²) < 4.78 is 1.12. The molecule has 0 aliphatic heterocycles. The van der Waals surface area contributed by atoms with E-state index in [0.29, 0.717) is 0 Å². The summed E-state index contributed by atoms with van der Waals surface area (Å²) in [4.78, 5) is 1.48. The fourth-order valence-corrected chi connectivity index (χ4v) is 2.20. The van der Waals surface area contributed by atoms with Gasteiger partial charge in [0.2, 0.25) is 0 Å². The molecule has 1 aromatic carbocycles. The highest BCUT2D eigenvalue weighted by atomic mass is 79.9. The highest BCUT2D eigenvalue weighted by molar-refractivity contribution is 9.10. The Balaban J connectivity index is 2.19. The normalized spacial score (nSPS) is 12.7. The lowest BCUT2D eigenvalue weighted by Gasteiger charge is -2.15. The van der Waals surface area contributed by atoms with Crippen molar-refractivity contribution in [2.45, 2.75) is 19.4 Å². The first-order valence-corrected chi connectivity index (χ1v) is 6.55. The molecule has 1 N–H and O–H groups in total. The average molecular weight is 310 g/mol. The van der Waals surface area contributed by atoms with Crippen LogP contribution in [0.15, 0.2) is 22.7 Å². The van der Waals surface area contributed by atoms with E-state index in [4.69, 9.17) is 0 Å². The summed E-state index contributed by atoms with van der Waals surface area (Å²) in [6, 6.07) is 6.55. The van der Waals surface area contributed by atoms with Crippen molar-refractivity contribution in [2.75, 3.05) is 7.05 Å². The van der Waals surface area contributed by atoms with Crippen LogP contribution in [0.3, 0.4) is 0 Å². The van der Waals surface area contributed by atoms with Gasteiger partial charge in [0.15, 0.2) is 5.82 Å². The molecule has 2 aromatic rings. The van der Waals surface area contributed by atoms with E-state index in [0.717, 1.165) is 16.7 Å². The predicted molar refractivity (Wildman–Crippen MR) is 73.2 cm³/mol. The zero-order valence-electron chi connectivity index (χ0n) is 10.7. The summed E-state index contributed by atoms with van der Waals surface area (Å²) in [6.45, 7) is 2.08. The molecule has 0 fully saturated rings. The van der Waals surface area contributed by atoms with Crippen molar-refractivity contribution in [2.24, 2.45) is 7.05 Å². The average Bonchev–Trinajstić information content (AvgIpc) is 2.75. The van der Waals surface area contributed by atoms with Gasteiger partial charge in [0.1, 0.15) is 0 Å². The molecule has 0 saturated carbocycles. The Hall–Kier alpha value is -1.27. The Bertz CT molecular complexity index is 537. The monoisotopic (exact) mass is 309 g/mol. The number of aromatic nitrogens is 4. The summed E-state index contributed by atoms with van der Waals surface area (Å²) in [7, 11) is 3.71. The number of likely N-dealkylation sites (N-methyl/N-ethyl adjacent to an activating group) is 1. The molecule has 2 rings (SSSR count). The van der Waals surface area contributed by atoms with Gasteiger partial charge in [-0.15, -0.1) is 10.2 Å². The molecule has 5 nitrogen and oxygen atoms in total. The van der Waals surface area contributed by atoms with Crippen LogP contribution >= 0.6 is 15.9 Å². The quantitative estimate of drug-likeness (QED) is 0.935. The molecule has 0 bridgehead atoms. The van der Waals surface area contributed by atoms with Crippen LogP contribution < -0.4 is 5.32 Å². The van der Waals surface area contributed by atoms with E-state index < -0.39 is 0 Å².